The highest BCUT2D eigenvalue weighted by Gasteiger charge is 2.43. The number of hydrogen-bond donors (Lipinski definition) is 3. The number of urea groups is 1. The van der Waals surface area contributed by atoms with Crippen molar-refractivity contribution in [1.82, 2.24) is 25.5 Å². The molecule has 0 spiro atoms. The quantitative estimate of drug-likeness (QED) is 0.323. The van der Waals surface area contributed by atoms with Gasteiger partial charge in [0.2, 0.25) is 5.91 Å². The molecule has 3 amide bonds. The number of carbonyl (C=O) groups excluding carboxylic acids is 2. The predicted molar refractivity (Wildman–Crippen MR) is 153 cm³/mol. The van der Waals surface area contributed by atoms with Gasteiger partial charge in [-0.25, -0.2) is 9.78 Å². The Hall–Kier alpha value is -4.13. The van der Waals surface area contributed by atoms with Crippen molar-refractivity contribution in [2.75, 3.05) is 6.54 Å². The molecule has 2 aromatic heterocycles. The van der Waals surface area contributed by atoms with Crippen LogP contribution in [0.25, 0.3) is 22.2 Å². The van der Waals surface area contributed by atoms with Gasteiger partial charge in [-0.15, -0.1) is 0 Å². The molecule has 0 radical (unpaired) electrons. The Balaban J connectivity index is 1.28. The van der Waals surface area contributed by atoms with Crippen molar-refractivity contribution in [2.24, 2.45) is 5.92 Å². The third-order valence-corrected chi connectivity index (χ3v) is 7.84. The van der Waals surface area contributed by atoms with Gasteiger partial charge in [-0.3, -0.25) is 4.79 Å². The van der Waals surface area contributed by atoms with Crippen molar-refractivity contribution < 1.29 is 9.59 Å². The second-order valence-electron chi connectivity index (χ2n) is 11.8. The summed E-state index contributed by atoms with van der Waals surface area (Å²) in [6.07, 6.45) is 5.38. The predicted octanol–water partition coefficient (Wildman–Crippen LogP) is 5.52. The molecule has 0 bridgehead atoms. The topological polar surface area (TPSA) is 90.1 Å². The van der Waals surface area contributed by atoms with E-state index >= 15 is 0 Å². The zero-order valence-electron chi connectivity index (χ0n) is 22.8. The Morgan fingerprint density at radius 3 is 2.64 bits per heavy atom. The number of nitrogens with zero attached hydrogens (tertiary/aromatic N) is 2. The lowest BCUT2D eigenvalue weighted by atomic mass is 9.87. The van der Waals surface area contributed by atoms with Crippen molar-refractivity contribution in [1.29, 1.82) is 0 Å². The molecule has 1 aliphatic carbocycles. The van der Waals surface area contributed by atoms with Crippen LogP contribution in [-0.2, 0) is 24.3 Å². The molecule has 200 valence electrons. The molecule has 0 saturated heterocycles. The fourth-order valence-electron chi connectivity index (χ4n) is 5.79. The first-order chi connectivity index (χ1) is 18.8. The standard InChI is InChI=1S/C32H35N5O2/c1-32(2,3)36-31(39)37-16-13-24-22(23-11-14-33-29-25(23)12-15-34-29)10-9-21(28(24)19-37)18-35-30(38)27-17-26(27)20-7-5-4-6-8-20/h4-12,14-15,26-27H,13,16-19H2,1-3H3,(H,33,34)(H,35,38)(H,36,39)/t26-,27?/m1/s1. The molecule has 2 aliphatic rings. The minimum atomic E-state index is -0.313. The SMILES string of the molecule is CC(C)(C)NC(=O)N1CCc2c(-c3ccnc4[nH]ccc34)ccc(CNC(=O)C3C[C@@H]3c3ccccc3)c2C1. The molecule has 6 rings (SSSR count). The number of aromatic amines is 1. The lowest BCUT2D eigenvalue weighted by Gasteiger charge is -2.34. The third kappa shape index (κ3) is 5.13. The zero-order valence-corrected chi connectivity index (χ0v) is 22.8. The molecule has 4 aromatic rings. The van der Waals surface area contributed by atoms with E-state index in [9.17, 15) is 9.59 Å². The number of benzene rings is 2. The van der Waals surface area contributed by atoms with Crippen LogP contribution in [-0.4, -0.2) is 38.9 Å². The van der Waals surface area contributed by atoms with E-state index in [1.165, 1.54) is 11.1 Å². The number of pyridine rings is 1. The summed E-state index contributed by atoms with van der Waals surface area (Å²) in [7, 11) is 0. The van der Waals surface area contributed by atoms with Crippen molar-refractivity contribution >= 4 is 23.0 Å². The molecule has 3 N–H and O–H groups in total. The minimum Gasteiger partial charge on any atom is -0.352 e. The summed E-state index contributed by atoms with van der Waals surface area (Å²) in [4.78, 5) is 35.7. The Kier molecular flexibility index (Phi) is 6.37. The third-order valence-electron chi connectivity index (χ3n) is 7.84. The summed E-state index contributed by atoms with van der Waals surface area (Å²) in [5.74, 6) is 0.424. The van der Waals surface area contributed by atoms with E-state index in [4.69, 9.17) is 0 Å². The molecule has 7 nitrogen and oxygen atoms in total. The molecule has 7 heteroatoms. The van der Waals surface area contributed by atoms with Crippen LogP contribution in [0.15, 0.2) is 67.0 Å². The van der Waals surface area contributed by atoms with Gasteiger partial charge in [0, 0.05) is 48.9 Å². The van der Waals surface area contributed by atoms with Crippen molar-refractivity contribution in [3.8, 4) is 11.1 Å². The highest BCUT2D eigenvalue weighted by molar-refractivity contribution is 5.94. The van der Waals surface area contributed by atoms with Gasteiger partial charge in [-0.05, 0) is 85.0 Å². The molecule has 2 atom stereocenters. The molecule has 1 unspecified atom stereocenters. The lowest BCUT2D eigenvalue weighted by Crippen LogP contribution is -2.50. The number of fused-ring (bicyclic) bond motifs is 2. The van der Waals surface area contributed by atoms with Gasteiger partial charge in [-0.1, -0.05) is 42.5 Å². The number of carbonyl (C=O) groups is 2. The molecular formula is C32H35N5O2. The van der Waals surface area contributed by atoms with E-state index in [0.717, 1.165) is 46.1 Å². The van der Waals surface area contributed by atoms with E-state index in [2.05, 4.69) is 57.0 Å². The number of H-pyrrole nitrogens is 1. The van der Waals surface area contributed by atoms with Crippen LogP contribution >= 0.6 is 0 Å². The van der Waals surface area contributed by atoms with Gasteiger partial charge >= 0.3 is 6.03 Å². The van der Waals surface area contributed by atoms with Crippen LogP contribution < -0.4 is 10.6 Å². The van der Waals surface area contributed by atoms with Gasteiger partial charge in [0.15, 0.2) is 0 Å². The second kappa shape index (κ2) is 9.88. The van der Waals surface area contributed by atoms with Crippen LogP contribution in [0.5, 0.6) is 0 Å². The first kappa shape index (κ1) is 25.2. The fraction of sp³-hybridized carbons (Fsp3) is 0.344. The summed E-state index contributed by atoms with van der Waals surface area (Å²) in [5, 5.41) is 7.39. The molecule has 1 saturated carbocycles. The maximum Gasteiger partial charge on any atom is 0.318 e. The smallest absolute Gasteiger partial charge is 0.318 e. The first-order valence-corrected chi connectivity index (χ1v) is 13.7. The summed E-state index contributed by atoms with van der Waals surface area (Å²) in [5.41, 5.74) is 7.49. The highest BCUT2D eigenvalue weighted by atomic mass is 16.2. The first-order valence-electron chi connectivity index (χ1n) is 13.7. The molecule has 39 heavy (non-hydrogen) atoms. The molecule has 3 heterocycles. The number of amides is 3. The summed E-state index contributed by atoms with van der Waals surface area (Å²) < 4.78 is 0. The van der Waals surface area contributed by atoms with E-state index < -0.39 is 0 Å². The van der Waals surface area contributed by atoms with Crippen LogP contribution in [0.3, 0.4) is 0 Å². The monoisotopic (exact) mass is 521 g/mol. The average molecular weight is 522 g/mol. The van der Waals surface area contributed by atoms with Gasteiger partial charge < -0.3 is 20.5 Å². The summed E-state index contributed by atoms with van der Waals surface area (Å²) in [6.45, 7) is 7.58. The lowest BCUT2D eigenvalue weighted by molar-refractivity contribution is -0.122. The Morgan fingerprint density at radius 2 is 1.85 bits per heavy atom. The number of hydrogen-bond acceptors (Lipinski definition) is 3. The van der Waals surface area contributed by atoms with Crippen LogP contribution in [0, 0.1) is 5.92 Å². The molecule has 1 fully saturated rings. The van der Waals surface area contributed by atoms with Crippen LogP contribution in [0.1, 0.15) is 55.4 Å². The Morgan fingerprint density at radius 1 is 1.03 bits per heavy atom. The van der Waals surface area contributed by atoms with E-state index in [1.807, 2.05) is 56.3 Å². The minimum absolute atomic E-state index is 0.0234. The summed E-state index contributed by atoms with van der Waals surface area (Å²) in [6, 6.07) is 18.6. The largest absolute Gasteiger partial charge is 0.352 e. The van der Waals surface area contributed by atoms with E-state index in [-0.39, 0.29) is 23.4 Å². The van der Waals surface area contributed by atoms with Gasteiger partial charge in [0.1, 0.15) is 5.65 Å². The van der Waals surface area contributed by atoms with Crippen molar-refractivity contribution in [2.45, 2.75) is 58.2 Å². The van der Waals surface area contributed by atoms with Gasteiger partial charge in [0.25, 0.3) is 0 Å². The van der Waals surface area contributed by atoms with Crippen LogP contribution in [0.2, 0.25) is 0 Å². The zero-order chi connectivity index (χ0) is 27.1. The number of aromatic nitrogens is 2. The molecule has 1 aliphatic heterocycles. The van der Waals surface area contributed by atoms with Crippen molar-refractivity contribution in [3.63, 3.8) is 0 Å². The number of rotatable bonds is 5. The number of nitrogens with one attached hydrogen (secondary N) is 3. The average Bonchev–Trinajstić information content (AvgIpc) is 3.59. The van der Waals surface area contributed by atoms with E-state index in [0.29, 0.717) is 25.6 Å². The Bertz CT molecular complexity index is 1540. The highest BCUT2D eigenvalue weighted by Crippen LogP contribution is 2.47. The fourth-order valence-corrected chi connectivity index (χ4v) is 5.79. The normalized spacial score (nSPS) is 18.5. The second-order valence-corrected chi connectivity index (χ2v) is 11.8. The van der Waals surface area contributed by atoms with Gasteiger partial charge in [-0.2, -0.15) is 0 Å². The maximum atomic E-state index is 13.1. The maximum absolute atomic E-state index is 13.1. The molecular weight excluding hydrogens is 486 g/mol. The van der Waals surface area contributed by atoms with E-state index in [1.54, 1.807) is 0 Å². The molecule has 2 aromatic carbocycles. The van der Waals surface area contributed by atoms with Crippen LogP contribution in [0.4, 0.5) is 4.79 Å². The Labute approximate surface area is 229 Å². The van der Waals surface area contributed by atoms with Crippen molar-refractivity contribution in [3.05, 3.63) is 89.2 Å². The summed E-state index contributed by atoms with van der Waals surface area (Å²) >= 11 is 0. The van der Waals surface area contributed by atoms with Gasteiger partial charge in [0.05, 0.1) is 0 Å².